The van der Waals surface area contributed by atoms with E-state index in [1.807, 2.05) is 6.92 Å². The molecule has 0 aliphatic carbocycles. The van der Waals surface area contributed by atoms with Gasteiger partial charge in [-0.3, -0.25) is 4.79 Å². The third-order valence-electron chi connectivity index (χ3n) is 1.58. The molecule has 0 saturated carbocycles. The SMILES string of the molecule is C=C(C)CNC(=O)c1nc(Cl)ccc1Cl. The van der Waals surface area contributed by atoms with Crippen LogP contribution in [-0.4, -0.2) is 17.4 Å². The van der Waals surface area contributed by atoms with E-state index in [0.717, 1.165) is 5.57 Å². The second kappa shape index (κ2) is 5.14. The van der Waals surface area contributed by atoms with Crippen molar-refractivity contribution in [2.75, 3.05) is 6.54 Å². The second-order valence-corrected chi connectivity index (χ2v) is 3.90. The summed E-state index contributed by atoms with van der Waals surface area (Å²) in [6.45, 7) is 5.87. The van der Waals surface area contributed by atoms with Gasteiger partial charge in [-0.1, -0.05) is 35.4 Å². The second-order valence-electron chi connectivity index (χ2n) is 3.10. The van der Waals surface area contributed by atoms with E-state index in [0.29, 0.717) is 6.54 Å². The van der Waals surface area contributed by atoms with Crippen molar-refractivity contribution in [3.05, 3.63) is 40.2 Å². The highest BCUT2D eigenvalue weighted by Gasteiger charge is 2.11. The molecule has 3 nitrogen and oxygen atoms in total. The first kappa shape index (κ1) is 12.0. The molecule has 1 amide bonds. The molecule has 1 rings (SSSR count). The molecule has 0 radical (unpaired) electrons. The molecular formula is C10H10Cl2N2O. The van der Waals surface area contributed by atoms with E-state index in [2.05, 4.69) is 16.9 Å². The molecule has 80 valence electrons. The van der Waals surface area contributed by atoms with Crippen LogP contribution in [0.2, 0.25) is 10.2 Å². The van der Waals surface area contributed by atoms with Gasteiger partial charge in [0.25, 0.3) is 5.91 Å². The lowest BCUT2D eigenvalue weighted by molar-refractivity contribution is 0.0952. The van der Waals surface area contributed by atoms with E-state index >= 15 is 0 Å². The molecular weight excluding hydrogens is 235 g/mol. The predicted octanol–water partition coefficient (Wildman–Crippen LogP) is 2.69. The summed E-state index contributed by atoms with van der Waals surface area (Å²) in [4.78, 5) is 15.4. The highest BCUT2D eigenvalue weighted by atomic mass is 35.5. The van der Waals surface area contributed by atoms with Crippen molar-refractivity contribution in [3.63, 3.8) is 0 Å². The van der Waals surface area contributed by atoms with Crippen molar-refractivity contribution < 1.29 is 4.79 Å². The van der Waals surface area contributed by atoms with Crippen LogP contribution in [0.5, 0.6) is 0 Å². The molecule has 0 atom stereocenters. The molecule has 0 spiro atoms. The van der Waals surface area contributed by atoms with Crippen molar-refractivity contribution in [1.29, 1.82) is 0 Å². The van der Waals surface area contributed by atoms with E-state index in [-0.39, 0.29) is 21.8 Å². The van der Waals surface area contributed by atoms with Crippen LogP contribution in [0.15, 0.2) is 24.3 Å². The number of hydrogen-bond acceptors (Lipinski definition) is 2. The summed E-state index contributed by atoms with van der Waals surface area (Å²) in [5.74, 6) is -0.356. The number of halogens is 2. The van der Waals surface area contributed by atoms with Gasteiger partial charge in [-0.05, 0) is 19.1 Å². The van der Waals surface area contributed by atoms with Crippen LogP contribution >= 0.6 is 23.2 Å². The van der Waals surface area contributed by atoms with Gasteiger partial charge >= 0.3 is 0 Å². The Labute approximate surface area is 98.1 Å². The maximum atomic E-state index is 11.6. The number of hydrogen-bond donors (Lipinski definition) is 1. The van der Waals surface area contributed by atoms with Crippen LogP contribution in [0, 0.1) is 0 Å². The van der Waals surface area contributed by atoms with E-state index in [1.54, 1.807) is 0 Å². The molecule has 0 aliphatic heterocycles. The van der Waals surface area contributed by atoms with Crippen LogP contribution < -0.4 is 5.32 Å². The van der Waals surface area contributed by atoms with Gasteiger partial charge in [-0.15, -0.1) is 0 Å². The van der Waals surface area contributed by atoms with Gasteiger partial charge in [-0.2, -0.15) is 0 Å². The Morgan fingerprint density at radius 1 is 1.53 bits per heavy atom. The summed E-state index contributed by atoms with van der Waals surface area (Å²) in [7, 11) is 0. The summed E-state index contributed by atoms with van der Waals surface area (Å²) in [5, 5.41) is 3.13. The summed E-state index contributed by atoms with van der Waals surface area (Å²) in [6.07, 6.45) is 0. The zero-order valence-electron chi connectivity index (χ0n) is 8.18. The molecule has 0 unspecified atom stereocenters. The molecule has 1 heterocycles. The van der Waals surface area contributed by atoms with Crippen molar-refractivity contribution >= 4 is 29.1 Å². The van der Waals surface area contributed by atoms with Gasteiger partial charge in [0.15, 0.2) is 0 Å². The average Bonchev–Trinajstić information content (AvgIpc) is 2.18. The van der Waals surface area contributed by atoms with Crippen molar-refractivity contribution in [2.45, 2.75) is 6.92 Å². The number of nitrogens with one attached hydrogen (secondary N) is 1. The summed E-state index contributed by atoms with van der Waals surface area (Å²) in [6, 6.07) is 3.06. The highest BCUT2D eigenvalue weighted by Crippen LogP contribution is 2.16. The molecule has 1 aromatic heterocycles. The lowest BCUT2D eigenvalue weighted by Crippen LogP contribution is -2.26. The number of rotatable bonds is 3. The highest BCUT2D eigenvalue weighted by molar-refractivity contribution is 6.34. The zero-order valence-corrected chi connectivity index (χ0v) is 9.69. The maximum absolute atomic E-state index is 11.6. The Balaban J connectivity index is 2.81. The molecule has 1 aromatic rings. The topological polar surface area (TPSA) is 42.0 Å². The smallest absolute Gasteiger partial charge is 0.271 e. The first-order chi connectivity index (χ1) is 7.00. The maximum Gasteiger partial charge on any atom is 0.271 e. The molecule has 5 heteroatoms. The van der Waals surface area contributed by atoms with Crippen molar-refractivity contribution in [3.8, 4) is 0 Å². The molecule has 1 N–H and O–H groups in total. The lowest BCUT2D eigenvalue weighted by Gasteiger charge is -2.05. The Hall–Kier alpha value is -1.06. The van der Waals surface area contributed by atoms with Crippen molar-refractivity contribution in [2.24, 2.45) is 0 Å². The quantitative estimate of drug-likeness (QED) is 0.657. The fourth-order valence-electron chi connectivity index (χ4n) is 0.892. The van der Waals surface area contributed by atoms with E-state index in [9.17, 15) is 4.79 Å². The molecule has 0 aromatic carbocycles. The number of pyridine rings is 1. The summed E-state index contributed by atoms with van der Waals surface area (Å²) >= 11 is 11.5. The first-order valence-electron chi connectivity index (χ1n) is 4.25. The Kier molecular flexibility index (Phi) is 4.12. The van der Waals surface area contributed by atoms with Gasteiger partial charge in [0.1, 0.15) is 10.8 Å². The van der Waals surface area contributed by atoms with Crippen LogP contribution in [0.3, 0.4) is 0 Å². The average molecular weight is 245 g/mol. The molecule has 0 saturated heterocycles. The largest absolute Gasteiger partial charge is 0.347 e. The van der Waals surface area contributed by atoms with E-state index in [1.165, 1.54) is 12.1 Å². The Bertz CT molecular complexity index is 404. The zero-order chi connectivity index (χ0) is 11.4. The minimum Gasteiger partial charge on any atom is -0.347 e. The summed E-state index contributed by atoms with van der Waals surface area (Å²) < 4.78 is 0. The predicted molar refractivity (Wildman–Crippen MR) is 61.4 cm³/mol. The number of carbonyl (C=O) groups excluding carboxylic acids is 1. The number of carbonyl (C=O) groups is 1. The summed E-state index contributed by atoms with van der Waals surface area (Å²) in [5.41, 5.74) is 0.979. The van der Waals surface area contributed by atoms with Crippen molar-refractivity contribution in [1.82, 2.24) is 10.3 Å². The fourth-order valence-corrected chi connectivity index (χ4v) is 1.23. The third kappa shape index (κ3) is 3.53. The molecule has 0 bridgehead atoms. The van der Waals surface area contributed by atoms with Gasteiger partial charge in [-0.25, -0.2) is 4.98 Å². The van der Waals surface area contributed by atoms with E-state index in [4.69, 9.17) is 23.2 Å². The normalized spacial score (nSPS) is 9.80. The van der Waals surface area contributed by atoms with Gasteiger partial charge in [0, 0.05) is 6.54 Å². The number of nitrogens with zero attached hydrogens (tertiary/aromatic N) is 1. The Morgan fingerprint density at radius 3 is 2.80 bits per heavy atom. The first-order valence-corrected chi connectivity index (χ1v) is 5.01. The standard InChI is InChI=1S/C10H10Cl2N2O/c1-6(2)5-13-10(15)9-7(11)3-4-8(12)14-9/h3-4H,1,5H2,2H3,(H,13,15). The molecule has 0 aliphatic rings. The Morgan fingerprint density at radius 2 is 2.20 bits per heavy atom. The van der Waals surface area contributed by atoms with Gasteiger partial charge in [0.2, 0.25) is 0 Å². The fraction of sp³-hybridized carbons (Fsp3) is 0.200. The molecule has 15 heavy (non-hydrogen) atoms. The monoisotopic (exact) mass is 244 g/mol. The van der Waals surface area contributed by atoms with Crippen LogP contribution in [-0.2, 0) is 0 Å². The lowest BCUT2D eigenvalue weighted by atomic mass is 10.3. The van der Waals surface area contributed by atoms with Crippen LogP contribution in [0.1, 0.15) is 17.4 Å². The van der Waals surface area contributed by atoms with Crippen LogP contribution in [0.4, 0.5) is 0 Å². The molecule has 0 fully saturated rings. The van der Waals surface area contributed by atoms with Crippen LogP contribution in [0.25, 0.3) is 0 Å². The van der Waals surface area contributed by atoms with E-state index < -0.39 is 0 Å². The van der Waals surface area contributed by atoms with Gasteiger partial charge in [0.05, 0.1) is 5.02 Å². The number of aromatic nitrogens is 1. The minimum absolute atomic E-state index is 0.130. The van der Waals surface area contributed by atoms with Gasteiger partial charge < -0.3 is 5.32 Å². The number of amides is 1. The minimum atomic E-state index is -0.356. The third-order valence-corrected chi connectivity index (χ3v) is 2.09.